The Morgan fingerprint density at radius 1 is 0.833 bits per heavy atom. The van der Waals surface area contributed by atoms with Crippen LogP contribution >= 0.6 is 23.9 Å². The van der Waals surface area contributed by atoms with Crippen molar-refractivity contribution in [3.05, 3.63) is 59.1 Å². The highest BCUT2D eigenvalue weighted by Crippen LogP contribution is 2.48. The molecule has 0 nitrogen and oxygen atoms in total. The lowest BCUT2D eigenvalue weighted by molar-refractivity contribution is 0.793. The van der Waals surface area contributed by atoms with Crippen molar-refractivity contribution in [3.63, 3.8) is 0 Å². The molecule has 0 saturated carbocycles. The summed E-state index contributed by atoms with van der Waals surface area (Å²) in [7, 11) is -0.360. The largest absolute Gasteiger partial charge is 0.0622 e. The molecule has 1 atom stereocenters. The van der Waals surface area contributed by atoms with Crippen LogP contribution in [0.25, 0.3) is 0 Å². The number of hydrogen-bond acceptors (Lipinski definition) is 0. The highest BCUT2D eigenvalue weighted by atomic mass is 79.9. The summed E-state index contributed by atoms with van der Waals surface area (Å²) >= 11 is 3.70. The summed E-state index contributed by atoms with van der Waals surface area (Å²) in [6.45, 7) is 6.97. The van der Waals surface area contributed by atoms with E-state index >= 15 is 0 Å². The van der Waals surface area contributed by atoms with Gasteiger partial charge in [0, 0.05) is 4.47 Å². The Balaban J connectivity index is 2.55. The maximum atomic E-state index is 3.70. The second-order valence-electron chi connectivity index (χ2n) is 5.29. The molecule has 1 unspecified atom stereocenters. The van der Waals surface area contributed by atoms with Crippen LogP contribution in [0.1, 0.15) is 20.8 Å². The van der Waals surface area contributed by atoms with Crippen LogP contribution in [0.3, 0.4) is 0 Å². The van der Waals surface area contributed by atoms with Crippen molar-refractivity contribution in [1.82, 2.24) is 0 Å². The van der Waals surface area contributed by atoms with Gasteiger partial charge in [-0.2, -0.15) is 0 Å². The molecule has 0 spiro atoms. The Labute approximate surface area is 119 Å². The Kier molecular flexibility index (Phi) is 4.25. The van der Waals surface area contributed by atoms with Crippen molar-refractivity contribution in [2.75, 3.05) is 0 Å². The van der Waals surface area contributed by atoms with Gasteiger partial charge in [-0.15, -0.1) is 0 Å². The molecule has 0 fully saturated rings. The predicted octanol–water partition coefficient (Wildman–Crippen LogP) is 4.68. The van der Waals surface area contributed by atoms with Crippen LogP contribution in [0.4, 0.5) is 0 Å². The van der Waals surface area contributed by atoms with Crippen LogP contribution in [-0.4, -0.2) is 5.16 Å². The van der Waals surface area contributed by atoms with E-state index in [1.807, 2.05) is 0 Å². The standard InChI is InChI=1S/C16H18BrP/c1-16(2,3)18(13-9-5-4-6-10-13)15-12-8-7-11-14(15)17/h4-12H,1-3H3. The van der Waals surface area contributed by atoms with E-state index in [1.54, 1.807) is 0 Å². The lowest BCUT2D eigenvalue weighted by atomic mass is 10.3. The zero-order valence-electron chi connectivity index (χ0n) is 11.0. The topological polar surface area (TPSA) is 0 Å². The van der Waals surface area contributed by atoms with Crippen LogP contribution in [0.15, 0.2) is 59.1 Å². The molecular weight excluding hydrogens is 303 g/mol. The van der Waals surface area contributed by atoms with E-state index in [4.69, 9.17) is 0 Å². The van der Waals surface area contributed by atoms with E-state index in [0.717, 1.165) is 0 Å². The zero-order chi connectivity index (χ0) is 13.2. The highest BCUT2D eigenvalue weighted by Gasteiger charge is 2.28. The van der Waals surface area contributed by atoms with Crippen LogP contribution in [0, 0.1) is 0 Å². The van der Waals surface area contributed by atoms with Gasteiger partial charge in [-0.05, 0) is 29.8 Å². The normalized spacial score (nSPS) is 13.3. The summed E-state index contributed by atoms with van der Waals surface area (Å²) in [6.07, 6.45) is 0. The second kappa shape index (κ2) is 5.55. The molecule has 0 N–H and O–H groups in total. The predicted molar refractivity (Wildman–Crippen MR) is 86.5 cm³/mol. The van der Waals surface area contributed by atoms with E-state index in [0.29, 0.717) is 0 Å². The third-order valence-corrected chi connectivity index (χ3v) is 6.80. The maximum Gasteiger partial charge on any atom is 0.0255 e. The number of benzene rings is 2. The van der Waals surface area contributed by atoms with Gasteiger partial charge in [0.2, 0.25) is 0 Å². The fraction of sp³-hybridized carbons (Fsp3) is 0.250. The van der Waals surface area contributed by atoms with Gasteiger partial charge in [0.25, 0.3) is 0 Å². The van der Waals surface area contributed by atoms with Crippen LogP contribution in [0.5, 0.6) is 0 Å². The van der Waals surface area contributed by atoms with Crippen LogP contribution < -0.4 is 10.6 Å². The average molecular weight is 321 g/mol. The molecule has 2 rings (SSSR count). The quantitative estimate of drug-likeness (QED) is 0.705. The first-order valence-corrected chi connectivity index (χ1v) is 8.23. The van der Waals surface area contributed by atoms with Gasteiger partial charge in [0.15, 0.2) is 0 Å². The van der Waals surface area contributed by atoms with Crippen LogP contribution in [0.2, 0.25) is 0 Å². The Hall–Kier alpha value is -0.650. The number of hydrogen-bond donors (Lipinski definition) is 0. The monoisotopic (exact) mass is 320 g/mol. The summed E-state index contributed by atoms with van der Waals surface area (Å²) in [6, 6.07) is 19.4. The molecule has 0 aromatic heterocycles. The van der Waals surface area contributed by atoms with Crippen molar-refractivity contribution in [1.29, 1.82) is 0 Å². The molecule has 2 aromatic carbocycles. The third-order valence-electron chi connectivity index (χ3n) is 2.78. The Bertz CT molecular complexity index is 514. The molecule has 0 radical (unpaired) electrons. The van der Waals surface area contributed by atoms with Gasteiger partial charge < -0.3 is 0 Å². The molecule has 18 heavy (non-hydrogen) atoms. The van der Waals surface area contributed by atoms with Crippen molar-refractivity contribution >= 4 is 34.5 Å². The first-order chi connectivity index (χ1) is 8.50. The Morgan fingerprint density at radius 3 is 1.94 bits per heavy atom. The van der Waals surface area contributed by atoms with Gasteiger partial charge in [-0.1, -0.05) is 85.2 Å². The van der Waals surface area contributed by atoms with E-state index in [2.05, 4.69) is 91.3 Å². The van der Waals surface area contributed by atoms with Gasteiger partial charge in [-0.3, -0.25) is 0 Å². The SMILES string of the molecule is CC(C)(C)P(c1ccccc1)c1ccccc1Br. The van der Waals surface area contributed by atoms with Crippen molar-refractivity contribution in [2.45, 2.75) is 25.9 Å². The summed E-state index contributed by atoms with van der Waals surface area (Å²) in [4.78, 5) is 0. The van der Waals surface area contributed by atoms with E-state index < -0.39 is 0 Å². The second-order valence-corrected chi connectivity index (χ2v) is 9.16. The number of halogens is 1. The van der Waals surface area contributed by atoms with Crippen LogP contribution in [-0.2, 0) is 0 Å². The first-order valence-electron chi connectivity index (χ1n) is 6.10. The summed E-state index contributed by atoms with van der Waals surface area (Å²) in [5.74, 6) is 0. The molecule has 0 heterocycles. The minimum Gasteiger partial charge on any atom is -0.0622 e. The molecule has 0 saturated heterocycles. The summed E-state index contributed by atoms with van der Waals surface area (Å²) in [5.41, 5.74) is 0. The van der Waals surface area contributed by atoms with Crippen molar-refractivity contribution in [3.8, 4) is 0 Å². The summed E-state index contributed by atoms with van der Waals surface area (Å²) in [5, 5.41) is 3.11. The molecule has 0 bridgehead atoms. The molecule has 0 aliphatic rings. The highest BCUT2D eigenvalue weighted by molar-refractivity contribution is 9.10. The van der Waals surface area contributed by atoms with Gasteiger partial charge >= 0.3 is 0 Å². The minimum atomic E-state index is -0.360. The van der Waals surface area contributed by atoms with Gasteiger partial charge in [0.1, 0.15) is 0 Å². The van der Waals surface area contributed by atoms with Crippen molar-refractivity contribution in [2.24, 2.45) is 0 Å². The van der Waals surface area contributed by atoms with E-state index in [9.17, 15) is 0 Å². The fourth-order valence-electron chi connectivity index (χ4n) is 2.10. The molecule has 2 aromatic rings. The van der Waals surface area contributed by atoms with Gasteiger partial charge in [0.05, 0.1) is 0 Å². The minimum absolute atomic E-state index is 0.251. The fourth-order valence-corrected chi connectivity index (χ4v) is 5.68. The molecule has 0 aliphatic carbocycles. The third kappa shape index (κ3) is 3.02. The first kappa shape index (κ1) is 13.8. The van der Waals surface area contributed by atoms with Gasteiger partial charge in [-0.25, -0.2) is 0 Å². The van der Waals surface area contributed by atoms with E-state index in [-0.39, 0.29) is 13.1 Å². The Morgan fingerprint density at radius 2 is 1.39 bits per heavy atom. The molecule has 2 heteroatoms. The number of rotatable bonds is 2. The molecule has 0 amide bonds. The lowest BCUT2D eigenvalue weighted by Crippen LogP contribution is -2.26. The summed E-state index contributed by atoms with van der Waals surface area (Å²) < 4.78 is 1.22. The molecule has 0 aliphatic heterocycles. The maximum absolute atomic E-state index is 3.70. The molecular formula is C16H18BrP. The average Bonchev–Trinajstić information content (AvgIpc) is 2.32. The lowest BCUT2D eigenvalue weighted by Gasteiger charge is -2.32. The van der Waals surface area contributed by atoms with Crippen molar-refractivity contribution < 1.29 is 0 Å². The zero-order valence-corrected chi connectivity index (χ0v) is 13.5. The smallest absolute Gasteiger partial charge is 0.0255 e. The van der Waals surface area contributed by atoms with E-state index in [1.165, 1.54) is 15.1 Å². The molecule has 94 valence electrons.